The molecule has 0 aliphatic carbocycles. The van der Waals surface area contributed by atoms with Crippen molar-refractivity contribution in [3.8, 4) is 0 Å². The highest BCUT2D eigenvalue weighted by molar-refractivity contribution is 6.19. The van der Waals surface area contributed by atoms with E-state index in [9.17, 15) is 0 Å². The van der Waals surface area contributed by atoms with Gasteiger partial charge < -0.3 is 18.3 Å². The van der Waals surface area contributed by atoms with Crippen molar-refractivity contribution in [3.63, 3.8) is 0 Å². The van der Waals surface area contributed by atoms with Gasteiger partial charge in [-0.25, -0.2) is 0 Å². The first-order chi connectivity index (χ1) is 41.3. The summed E-state index contributed by atoms with van der Waals surface area (Å²) in [7, 11) is 0. The lowest BCUT2D eigenvalue weighted by Gasteiger charge is -2.17. The molecule has 432 valence electrons. The molecule has 4 unspecified atom stereocenters. The molecule has 0 saturated carbocycles. The fourth-order valence-electron chi connectivity index (χ4n) is 15.3. The molecule has 4 atom stereocenters. The maximum absolute atomic E-state index is 2.68. The normalized spacial score (nSPS) is 14.0. The smallest absolute Gasteiger partial charge is 0.0491 e. The van der Waals surface area contributed by atoms with Crippen molar-refractivity contribution in [1.29, 1.82) is 0 Å². The van der Waals surface area contributed by atoms with E-state index in [1.165, 1.54) is 233 Å². The minimum atomic E-state index is 0.631. The molecular formula is C80H92N4. The first kappa shape index (κ1) is 56.1. The van der Waals surface area contributed by atoms with E-state index in [4.69, 9.17) is 0 Å². The number of aromatic nitrogens is 4. The van der Waals surface area contributed by atoms with E-state index in [0.717, 1.165) is 26.2 Å². The third-order valence-electron chi connectivity index (χ3n) is 20.7. The van der Waals surface area contributed by atoms with Crippen molar-refractivity contribution in [2.45, 2.75) is 184 Å². The highest BCUT2D eigenvalue weighted by atomic mass is 15.0. The summed E-state index contributed by atoms with van der Waals surface area (Å²) in [6.45, 7) is 23.1. The van der Waals surface area contributed by atoms with Gasteiger partial charge >= 0.3 is 0 Å². The number of rotatable bonds is 24. The second-order valence-corrected chi connectivity index (χ2v) is 26.0. The van der Waals surface area contributed by atoms with Crippen molar-refractivity contribution in [3.05, 3.63) is 146 Å². The molecule has 16 bridgehead atoms. The maximum atomic E-state index is 2.68. The van der Waals surface area contributed by atoms with Crippen LogP contribution in [0.5, 0.6) is 0 Å². The molecule has 4 heterocycles. The van der Waals surface area contributed by atoms with Crippen LogP contribution in [-0.4, -0.2) is 18.3 Å². The molecule has 13 rings (SSSR count). The van der Waals surface area contributed by atoms with Gasteiger partial charge in [0.1, 0.15) is 0 Å². The molecule has 0 aliphatic rings. The van der Waals surface area contributed by atoms with Gasteiger partial charge in [0, 0.05) is 113 Å². The second kappa shape index (κ2) is 24.1. The third kappa shape index (κ3) is 10.2. The Morgan fingerprint density at radius 1 is 0.226 bits per heavy atom. The molecule has 0 saturated heterocycles. The summed E-state index contributed by atoms with van der Waals surface area (Å²) in [6, 6.07) is 59.3. The average Bonchev–Trinajstić information content (AvgIpc) is 2.00. The zero-order chi connectivity index (χ0) is 57.6. The Labute approximate surface area is 499 Å². The molecule has 0 fully saturated rings. The summed E-state index contributed by atoms with van der Waals surface area (Å²) < 4.78 is 10.7. The summed E-state index contributed by atoms with van der Waals surface area (Å²) in [5.74, 6) is 2.52. The van der Waals surface area contributed by atoms with Crippen molar-refractivity contribution in [1.82, 2.24) is 18.3 Å². The van der Waals surface area contributed by atoms with E-state index in [1.807, 2.05) is 0 Å². The van der Waals surface area contributed by atoms with Gasteiger partial charge in [-0.05, 0) is 190 Å². The quantitative estimate of drug-likeness (QED) is 0.0575. The zero-order valence-electron chi connectivity index (χ0n) is 52.1. The van der Waals surface area contributed by atoms with Gasteiger partial charge in [-0.15, -0.1) is 0 Å². The molecule has 0 radical (unpaired) electrons. The predicted octanol–water partition coefficient (Wildman–Crippen LogP) is 24.2. The zero-order valence-corrected chi connectivity index (χ0v) is 52.1. The van der Waals surface area contributed by atoms with Gasteiger partial charge in [0.25, 0.3) is 0 Å². The lowest BCUT2D eigenvalue weighted by molar-refractivity contribution is 0.401. The molecule has 0 aliphatic heterocycles. The van der Waals surface area contributed by atoms with Crippen LogP contribution < -0.4 is 0 Å². The third-order valence-corrected chi connectivity index (χ3v) is 20.7. The van der Waals surface area contributed by atoms with Crippen LogP contribution in [0, 0.1) is 23.7 Å². The van der Waals surface area contributed by atoms with Crippen molar-refractivity contribution < 1.29 is 0 Å². The Morgan fingerprint density at radius 2 is 0.381 bits per heavy atom. The monoisotopic (exact) mass is 1110 g/mol. The Morgan fingerprint density at radius 3 is 0.512 bits per heavy atom. The summed E-state index contributed by atoms with van der Waals surface area (Å²) in [6.07, 6.45) is 19.9. The number of unbranched alkanes of at least 4 members (excludes halogenated alkanes) is 4. The van der Waals surface area contributed by atoms with Crippen LogP contribution in [0.1, 0.15) is 158 Å². The Bertz CT molecular complexity index is 3750. The summed E-state index contributed by atoms with van der Waals surface area (Å²) in [5.41, 5.74) is 10.8. The van der Waals surface area contributed by atoms with Crippen molar-refractivity contribution >= 4 is 130 Å². The molecule has 9 aromatic carbocycles. The van der Waals surface area contributed by atoms with Crippen LogP contribution in [0.3, 0.4) is 0 Å². The van der Waals surface area contributed by atoms with Crippen molar-refractivity contribution in [2.24, 2.45) is 23.7 Å². The van der Waals surface area contributed by atoms with E-state index in [0.29, 0.717) is 23.7 Å². The Balaban J connectivity index is 1.13. The van der Waals surface area contributed by atoms with Crippen LogP contribution in [0.2, 0.25) is 0 Å². The number of nitrogens with zero attached hydrogens (tertiary/aromatic N) is 4. The molecule has 0 amide bonds. The highest BCUT2D eigenvalue weighted by Crippen LogP contribution is 2.41. The van der Waals surface area contributed by atoms with Gasteiger partial charge in [0.05, 0.1) is 0 Å². The first-order valence-electron chi connectivity index (χ1n) is 33.5. The topological polar surface area (TPSA) is 19.7 Å². The van der Waals surface area contributed by atoms with Crippen LogP contribution in [0.4, 0.5) is 0 Å². The molecule has 0 spiro atoms. The summed E-state index contributed by atoms with van der Waals surface area (Å²) >= 11 is 0. The number of benzene rings is 8. The average molecular weight is 1110 g/mol. The number of hydrogen-bond donors (Lipinski definition) is 0. The first-order valence-corrected chi connectivity index (χ1v) is 33.5. The minimum Gasteiger partial charge on any atom is -0.340 e. The molecule has 0 N–H and O–H groups in total. The van der Waals surface area contributed by atoms with Gasteiger partial charge in [0.15, 0.2) is 0 Å². The fourth-order valence-corrected chi connectivity index (χ4v) is 15.3. The predicted molar refractivity (Wildman–Crippen MR) is 371 cm³/mol. The highest BCUT2D eigenvalue weighted by Gasteiger charge is 2.21. The maximum Gasteiger partial charge on any atom is 0.0491 e. The molecule has 4 nitrogen and oxygen atoms in total. The summed E-state index contributed by atoms with van der Waals surface area (Å²) in [4.78, 5) is 0. The molecule has 84 heavy (non-hydrogen) atoms. The lowest BCUT2D eigenvalue weighted by atomic mass is 9.99. The van der Waals surface area contributed by atoms with E-state index in [-0.39, 0.29) is 0 Å². The van der Waals surface area contributed by atoms with E-state index in [2.05, 4.69) is 219 Å². The van der Waals surface area contributed by atoms with Gasteiger partial charge in [-0.2, -0.15) is 0 Å². The van der Waals surface area contributed by atoms with Gasteiger partial charge in [0.2, 0.25) is 0 Å². The lowest BCUT2D eigenvalue weighted by Crippen LogP contribution is -2.10. The number of hydrogen-bond acceptors (Lipinski definition) is 0. The van der Waals surface area contributed by atoms with Crippen LogP contribution in [0.15, 0.2) is 146 Å². The SMILES string of the molecule is CCCCC(CC)Cn1c2ccc3cc2c2cc(ccc21)c1ccc2c(c1)c1cc(ccc1n2CC(CC)CCCC)c1ccc2c(c1)c1cc(ccc1n2CC(CC)CCCC)c1ccc2c(c1)c1cc3ccc1n2CC(CC)CCCC. The molecule has 13 aromatic rings. The van der Waals surface area contributed by atoms with Crippen molar-refractivity contribution in [2.75, 3.05) is 0 Å². The standard InChI is InChI=1S/C80H92N4/c1-9-17-21-53(13-5)49-81-73-33-25-57-41-65(73)66-42-58(26-34-74(66)81)60-28-36-76-68(44-60)70-46-62(30-38-78(70)83(76)51-55(15-7)23-19-11-3)64-32-40-80-72(48-64)71-47-63(31-39-79(71)84(80)52-56(16-8)24-20-12-4)61-29-37-77-69(45-61)67-43-59(57)27-35-75(67)82(77)50-54(14-6)22-18-10-2/h25-48,53-56H,9-24,49-52H2,1-8H3. The van der Waals surface area contributed by atoms with E-state index >= 15 is 0 Å². The minimum absolute atomic E-state index is 0.631. The Hall–Kier alpha value is -7.04. The largest absolute Gasteiger partial charge is 0.340 e. The Kier molecular flexibility index (Phi) is 16.1. The summed E-state index contributed by atoms with van der Waals surface area (Å²) in [5, 5.41) is 21.0. The second-order valence-electron chi connectivity index (χ2n) is 26.0. The van der Waals surface area contributed by atoms with Crippen LogP contribution in [-0.2, 0) is 26.2 Å². The van der Waals surface area contributed by atoms with E-state index in [1.54, 1.807) is 0 Å². The van der Waals surface area contributed by atoms with Crippen LogP contribution in [0.25, 0.3) is 130 Å². The molecule has 4 heteroatoms. The number of fused-ring (bicyclic) bond motifs is 12. The van der Waals surface area contributed by atoms with E-state index < -0.39 is 0 Å². The fraction of sp³-hybridized carbons (Fsp3) is 0.400. The van der Waals surface area contributed by atoms with Gasteiger partial charge in [-0.1, -0.05) is 181 Å². The molecular weight excluding hydrogens is 1020 g/mol. The van der Waals surface area contributed by atoms with Gasteiger partial charge in [-0.3, -0.25) is 0 Å². The molecule has 4 aromatic heterocycles. The van der Waals surface area contributed by atoms with Crippen LogP contribution >= 0.6 is 0 Å².